The second-order valence-electron chi connectivity index (χ2n) is 9.56. The number of carboxylic acid groups (broad SMARTS) is 1. The first-order chi connectivity index (χ1) is 18.6. The zero-order valence-electron chi connectivity index (χ0n) is 21.0. The van der Waals surface area contributed by atoms with E-state index >= 15 is 0 Å². The number of halogens is 1. The quantitative estimate of drug-likeness (QED) is 0.468. The van der Waals surface area contributed by atoms with Crippen LogP contribution < -0.4 is 9.80 Å². The van der Waals surface area contributed by atoms with Crippen LogP contribution in [0.5, 0.6) is 0 Å². The summed E-state index contributed by atoms with van der Waals surface area (Å²) in [6.07, 6.45) is 0.263. The molecule has 39 heavy (non-hydrogen) atoms. The number of aromatic nitrogens is 2. The van der Waals surface area contributed by atoms with Crippen molar-refractivity contribution in [1.82, 2.24) is 14.9 Å². The lowest BCUT2D eigenvalue weighted by molar-refractivity contribution is -0.118. The van der Waals surface area contributed by atoms with E-state index in [9.17, 15) is 28.4 Å². The number of rotatable bonds is 4. The first kappa shape index (κ1) is 26.6. The highest BCUT2D eigenvalue weighted by molar-refractivity contribution is 7.90. The number of carbonyl (C=O) groups excluding carboxylic acids is 1. The maximum Gasteiger partial charge on any atom is 0.407 e. The minimum atomic E-state index is -3.82. The van der Waals surface area contributed by atoms with Crippen molar-refractivity contribution in [2.24, 2.45) is 0 Å². The SMILES string of the molecule is CS(=O)(=O)c1nc2c(c(N3CCN(C(=O)O)C(CC#N)C3)n1)CCC(=O)N(c1cccc3cccc(Cl)c13)C2. The van der Waals surface area contributed by atoms with Gasteiger partial charge in [-0.2, -0.15) is 5.26 Å². The number of nitriles is 1. The van der Waals surface area contributed by atoms with Gasteiger partial charge in [0.05, 0.1) is 41.5 Å². The van der Waals surface area contributed by atoms with Gasteiger partial charge in [-0.3, -0.25) is 4.79 Å². The molecule has 1 saturated heterocycles. The molecular weight excluding hydrogens is 544 g/mol. The van der Waals surface area contributed by atoms with Crippen molar-refractivity contribution in [3.8, 4) is 6.07 Å². The summed E-state index contributed by atoms with van der Waals surface area (Å²) >= 11 is 6.54. The molecule has 2 aliphatic heterocycles. The highest BCUT2D eigenvalue weighted by Gasteiger charge is 2.35. The maximum absolute atomic E-state index is 13.5. The summed E-state index contributed by atoms with van der Waals surface area (Å²) in [6, 6.07) is 12.4. The average molecular weight is 569 g/mol. The van der Waals surface area contributed by atoms with Crippen LogP contribution in [0.15, 0.2) is 41.6 Å². The molecule has 1 atom stereocenters. The van der Waals surface area contributed by atoms with E-state index in [0.717, 1.165) is 11.6 Å². The maximum atomic E-state index is 13.5. The molecule has 11 nitrogen and oxygen atoms in total. The second-order valence-corrected chi connectivity index (χ2v) is 11.9. The summed E-state index contributed by atoms with van der Waals surface area (Å²) in [7, 11) is -3.82. The number of carbonyl (C=O) groups is 2. The smallest absolute Gasteiger partial charge is 0.407 e. The lowest BCUT2D eigenvalue weighted by atomic mass is 10.1. The van der Waals surface area contributed by atoms with Crippen LogP contribution >= 0.6 is 11.6 Å². The van der Waals surface area contributed by atoms with E-state index in [2.05, 4.69) is 9.97 Å². The molecule has 0 saturated carbocycles. The molecule has 3 heterocycles. The molecule has 0 aliphatic carbocycles. The molecular formula is C26H25ClN6O5S. The minimum absolute atomic E-state index is 0.00720. The molecule has 2 aliphatic rings. The molecule has 1 N–H and O–H groups in total. The van der Waals surface area contributed by atoms with Crippen molar-refractivity contribution >= 4 is 55.7 Å². The average Bonchev–Trinajstić information content (AvgIpc) is 3.06. The van der Waals surface area contributed by atoms with Crippen LogP contribution in [0.1, 0.15) is 24.1 Å². The largest absolute Gasteiger partial charge is 0.465 e. The Morgan fingerprint density at radius 3 is 2.62 bits per heavy atom. The lowest BCUT2D eigenvalue weighted by Crippen LogP contribution is -2.55. The molecule has 1 fully saturated rings. The Morgan fingerprint density at radius 1 is 1.18 bits per heavy atom. The first-order valence-corrected chi connectivity index (χ1v) is 14.5. The van der Waals surface area contributed by atoms with Gasteiger partial charge < -0.3 is 19.8 Å². The number of sulfone groups is 1. The van der Waals surface area contributed by atoms with Crippen molar-refractivity contribution < 1.29 is 23.1 Å². The Hall–Kier alpha value is -3.95. The first-order valence-electron chi connectivity index (χ1n) is 12.3. The van der Waals surface area contributed by atoms with Crippen molar-refractivity contribution in [2.45, 2.75) is 37.0 Å². The van der Waals surface area contributed by atoms with Crippen molar-refractivity contribution in [3.63, 3.8) is 0 Å². The summed E-state index contributed by atoms with van der Waals surface area (Å²) in [5, 5.41) is 20.5. The van der Waals surface area contributed by atoms with Gasteiger partial charge in [-0.25, -0.2) is 23.2 Å². The van der Waals surface area contributed by atoms with Gasteiger partial charge >= 0.3 is 6.09 Å². The third-order valence-corrected chi connectivity index (χ3v) is 8.22. The van der Waals surface area contributed by atoms with Gasteiger partial charge in [0, 0.05) is 43.3 Å². The Morgan fingerprint density at radius 2 is 1.92 bits per heavy atom. The zero-order valence-corrected chi connectivity index (χ0v) is 22.6. The van der Waals surface area contributed by atoms with Crippen LogP contribution in [0.25, 0.3) is 10.8 Å². The Bertz CT molecular complexity index is 1630. The molecule has 0 spiro atoms. The standard InChI is InChI=1S/C26H25ClN6O5S/c1-39(37,38)25-29-20-15-33(21-7-3-5-16-4-2-6-19(27)23(16)21)22(34)9-8-18(20)24(30-25)31-12-13-32(26(35)36)17(14-31)10-11-28/h2-7,17H,8-10,12-15H2,1H3,(H,35,36). The number of hydrogen-bond acceptors (Lipinski definition) is 8. The fourth-order valence-corrected chi connectivity index (χ4v) is 6.02. The van der Waals surface area contributed by atoms with Crippen molar-refractivity contribution in [2.75, 3.05) is 35.7 Å². The third kappa shape index (κ3) is 5.07. The summed E-state index contributed by atoms with van der Waals surface area (Å²) in [5.74, 6) is 0.171. The van der Waals surface area contributed by atoms with Gasteiger partial charge in [0.25, 0.3) is 0 Å². The van der Waals surface area contributed by atoms with Crippen LogP contribution in [0.3, 0.4) is 0 Å². The van der Waals surface area contributed by atoms with E-state index in [4.69, 9.17) is 11.6 Å². The van der Waals surface area contributed by atoms with Crippen molar-refractivity contribution in [3.05, 3.63) is 52.7 Å². The van der Waals surface area contributed by atoms with Gasteiger partial charge in [0.15, 0.2) is 0 Å². The van der Waals surface area contributed by atoms with Crippen LogP contribution in [0.2, 0.25) is 5.02 Å². The fraction of sp³-hybridized carbons (Fsp3) is 0.346. The summed E-state index contributed by atoms with van der Waals surface area (Å²) < 4.78 is 25.2. The molecule has 1 unspecified atom stereocenters. The molecule has 0 radical (unpaired) electrons. The number of fused-ring (bicyclic) bond motifs is 2. The number of piperazine rings is 1. The fourth-order valence-electron chi connectivity index (χ4n) is 5.21. The summed E-state index contributed by atoms with van der Waals surface area (Å²) in [6.45, 7) is 0.530. The zero-order chi connectivity index (χ0) is 27.9. The monoisotopic (exact) mass is 568 g/mol. The Balaban J connectivity index is 1.62. The summed E-state index contributed by atoms with van der Waals surface area (Å²) in [5.41, 5.74) is 1.62. The van der Waals surface area contributed by atoms with Gasteiger partial charge in [0.2, 0.25) is 20.9 Å². The number of hydrogen-bond donors (Lipinski definition) is 1. The van der Waals surface area contributed by atoms with Crippen LogP contribution in [0.4, 0.5) is 16.3 Å². The number of nitrogens with zero attached hydrogens (tertiary/aromatic N) is 6. The molecule has 5 rings (SSSR count). The predicted octanol–water partition coefficient (Wildman–Crippen LogP) is 3.25. The molecule has 2 aromatic carbocycles. The van der Waals surface area contributed by atoms with E-state index in [1.807, 2.05) is 30.3 Å². The molecule has 2 amide bonds. The lowest BCUT2D eigenvalue weighted by Gasteiger charge is -2.40. The highest BCUT2D eigenvalue weighted by Crippen LogP contribution is 2.37. The topological polar surface area (TPSA) is 148 Å². The molecule has 1 aromatic heterocycles. The van der Waals surface area contributed by atoms with E-state index in [1.165, 1.54) is 4.90 Å². The van der Waals surface area contributed by atoms with Gasteiger partial charge in [-0.1, -0.05) is 35.9 Å². The second kappa shape index (κ2) is 10.3. The third-order valence-electron chi connectivity index (χ3n) is 7.06. The van der Waals surface area contributed by atoms with Gasteiger partial charge in [-0.05, 0) is 23.9 Å². The van der Waals surface area contributed by atoms with E-state index in [-0.39, 0.29) is 56.5 Å². The molecule has 3 aromatic rings. The van der Waals surface area contributed by atoms with Crippen LogP contribution in [-0.2, 0) is 27.6 Å². The van der Waals surface area contributed by atoms with E-state index in [0.29, 0.717) is 33.2 Å². The Labute approximate surface area is 230 Å². The van der Waals surface area contributed by atoms with Gasteiger partial charge in [-0.15, -0.1) is 0 Å². The molecule has 202 valence electrons. The normalized spacial score (nSPS) is 18.0. The number of anilines is 2. The van der Waals surface area contributed by atoms with Crippen molar-refractivity contribution in [1.29, 1.82) is 5.26 Å². The van der Waals surface area contributed by atoms with Crippen LogP contribution in [0, 0.1) is 11.3 Å². The van der Waals surface area contributed by atoms with Crippen LogP contribution in [-0.4, -0.2) is 72.3 Å². The molecule has 13 heteroatoms. The molecule has 0 bridgehead atoms. The Kier molecular flexibility index (Phi) is 7.05. The van der Waals surface area contributed by atoms with E-state index < -0.39 is 22.0 Å². The predicted molar refractivity (Wildman–Crippen MR) is 145 cm³/mol. The van der Waals surface area contributed by atoms with Gasteiger partial charge in [0.1, 0.15) is 5.82 Å². The summed E-state index contributed by atoms with van der Waals surface area (Å²) in [4.78, 5) is 38.6. The number of benzene rings is 2. The minimum Gasteiger partial charge on any atom is -0.465 e. The van der Waals surface area contributed by atoms with E-state index in [1.54, 1.807) is 21.9 Å². The highest BCUT2D eigenvalue weighted by atomic mass is 35.5. The number of amides is 2.